The molecule has 1 aromatic rings. The van der Waals surface area contributed by atoms with E-state index in [9.17, 15) is 0 Å². The molecule has 1 aromatic carbocycles. The first-order chi connectivity index (χ1) is 16.8. The largest absolute Gasteiger partial charge is 0.0654 e. The van der Waals surface area contributed by atoms with Gasteiger partial charge in [0.1, 0.15) is 0 Å². The molecule has 0 aromatic heterocycles. The van der Waals surface area contributed by atoms with E-state index in [0.717, 1.165) is 6.42 Å². The second kappa shape index (κ2) is 23.9. The van der Waals surface area contributed by atoms with Gasteiger partial charge in [0.2, 0.25) is 0 Å². The highest BCUT2D eigenvalue weighted by atomic mass is 14.1. The first-order valence-corrected chi connectivity index (χ1v) is 15.7. The average Bonchev–Trinajstić information content (AvgIpc) is 2.85. The molecule has 34 heavy (non-hydrogen) atoms. The van der Waals surface area contributed by atoms with Gasteiger partial charge in [-0.3, -0.25) is 0 Å². The summed E-state index contributed by atoms with van der Waals surface area (Å²) in [5.41, 5.74) is 4.99. The highest BCUT2D eigenvalue weighted by Crippen LogP contribution is 2.23. The second-order valence-electron chi connectivity index (χ2n) is 10.9. The Morgan fingerprint density at radius 2 is 0.794 bits per heavy atom. The van der Waals surface area contributed by atoms with Crippen LogP contribution in [0.3, 0.4) is 0 Å². The maximum absolute atomic E-state index is 4.11. The molecule has 0 bridgehead atoms. The van der Waals surface area contributed by atoms with Crippen molar-refractivity contribution < 1.29 is 0 Å². The highest BCUT2D eigenvalue weighted by molar-refractivity contribution is 5.36. The van der Waals surface area contributed by atoms with E-state index in [4.69, 9.17) is 0 Å². The molecule has 0 heterocycles. The van der Waals surface area contributed by atoms with E-state index in [1.54, 1.807) is 16.7 Å². The van der Waals surface area contributed by atoms with Crippen LogP contribution in [0.1, 0.15) is 172 Å². The summed E-state index contributed by atoms with van der Waals surface area (Å²) < 4.78 is 0. The number of hydrogen-bond acceptors (Lipinski definition) is 0. The monoisotopic (exact) mass is 469 g/mol. The van der Waals surface area contributed by atoms with Gasteiger partial charge in [-0.1, -0.05) is 161 Å². The molecule has 0 unspecified atom stereocenters. The van der Waals surface area contributed by atoms with Crippen LogP contribution in [0.2, 0.25) is 0 Å². The van der Waals surface area contributed by atoms with Gasteiger partial charge in [0.25, 0.3) is 0 Å². The van der Waals surface area contributed by atoms with Gasteiger partial charge >= 0.3 is 0 Å². The van der Waals surface area contributed by atoms with E-state index in [2.05, 4.69) is 39.0 Å². The Hall–Kier alpha value is -0.780. The standard InChI is InChI=1S/C34H61/c1-4-7-10-12-14-16-18-20-22-24-27-32-29-26-30-33(34(32)31-9-6-3)28-25-23-21-19-17-15-13-11-8-5-2/h26,29-30H,3-25,27-28,31H2,1-2H3. The molecule has 0 amide bonds. The van der Waals surface area contributed by atoms with Crippen LogP contribution in [0.5, 0.6) is 0 Å². The molecule has 197 valence electrons. The molecule has 0 N–H and O–H groups in total. The van der Waals surface area contributed by atoms with Crippen molar-refractivity contribution in [3.8, 4) is 0 Å². The van der Waals surface area contributed by atoms with Crippen LogP contribution >= 0.6 is 0 Å². The third-order valence-corrected chi connectivity index (χ3v) is 7.65. The molecule has 0 nitrogen and oxygen atoms in total. The number of rotatable bonds is 25. The fraction of sp³-hybridized carbons (Fsp3) is 0.794. The Bertz CT molecular complexity index is 501. The lowest BCUT2D eigenvalue weighted by Crippen LogP contribution is -2.02. The quantitative estimate of drug-likeness (QED) is 0.125. The second-order valence-corrected chi connectivity index (χ2v) is 10.9. The molecule has 0 aliphatic carbocycles. The van der Waals surface area contributed by atoms with Crippen molar-refractivity contribution in [2.75, 3.05) is 0 Å². The smallest absolute Gasteiger partial charge is 0.0273 e. The number of hydrogen-bond donors (Lipinski definition) is 0. The normalized spacial score (nSPS) is 11.4. The zero-order valence-electron chi connectivity index (χ0n) is 23.6. The van der Waals surface area contributed by atoms with Crippen molar-refractivity contribution in [3.05, 3.63) is 41.8 Å². The van der Waals surface area contributed by atoms with Gasteiger partial charge in [-0.05, 0) is 55.2 Å². The van der Waals surface area contributed by atoms with Crippen molar-refractivity contribution in [1.29, 1.82) is 0 Å². The Balaban J connectivity index is 2.28. The summed E-state index contributed by atoms with van der Waals surface area (Å²) in [6, 6.07) is 7.19. The average molecular weight is 470 g/mol. The lowest BCUT2D eigenvalue weighted by Gasteiger charge is -2.15. The van der Waals surface area contributed by atoms with Gasteiger partial charge in [-0.2, -0.15) is 0 Å². The summed E-state index contributed by atoms with van der Waals surface area (Å²) in [6.07, 6.45) is 34.6. The van der Waals surface area contributed by atoms with Gasteiger partial charge in [0.05, 0.1) is 0 Å². The third kappa shape index (κ3) is 16.8. The topological polar surface area (TPSA) is 0 Å². The van der Waals surface area contributed by atoms with Crippen molar-refractivity contribution in [3.63, 3.8) is 0 Å². The summed E-state index contributed by atoms with van der Waals surface area (Å²) in [7, 11) is 0. The van der Waals surface area contributed by atoms with E-state index in [0.29, 0.717) is 0 Å². The van der Waals surface area contributed by atoms with Gasteiger partial charge < -0.3 is 0 Å². The molecule has 0 aliphatic rings. The van der Waals surface area contributed by atoms with Crippen LogP contribution in [-0.2, 0) is 19.3 Å². The van der Waals surface area contributed by atoms with E-state index >= 15 is 0 Å². The number of aryl methyl sites for hydroxylation is 2. The van der Waals surface area contributed by atoms with Crippen LogP contribution in [0, 0.1) is 6.92 Å². The van der Waals surface area contributed by atoms with Crippen LogP contribution in [0.25, 0.3) is 0 Å². The zero-order valence-corrected chi connectivity index (χ0v) is 23.6. The van der Waals surface area contributed by atoms with Crippen molar-refractivity contribution in [1.82, 2.24) is 0 Å². The maximum atomic E-state index is 4.11. The highest BCUT2D eigenvalue weighted by Gasteiger charge is 2.08. The van der Waals surface area contributed by atoms with Crippen LogP contribution in [-0.4, -0.2) is 0 Å². The van der Waals surface area contributed by atoms with Gasteiger partial charge in [0, 0.05) is 0 Å². The Labute approximate surface area is 216 Å². The Kier molecular flexibility index (Phi) is 22.0. The Morgan fingerprint density at radius 3 is 1.15 bits per heavy atom. The molecule has 0 atom stereocenters. The minimum Gasteiger partial charge on any atom is -0.0654 e. The number of unbranched alkanes of at least 4 members (excludes halogenated alkanes) is 19. The summed E-state index contributed by atoms with van der Waals surface area (Å²) in [4.78, 5) is 0. The van der Waals surface area contributed by atoms with E-state index in [-0.39, 0.29) is 0 Å². The lowest BCUT2D eigenvalue weighted by molar-refractivity contribution is 0.554. The molecule has 0 fully saturated rings. The summed E-state index contributed by atoms with van der Waals surface area (Å²) >= 11 is 0. The molecule has 0 heteroatoms. The van der Waals surface area contributed by atoms with Crippen LogP contribution in [0.4, 0.5) is 0 Å². The molecule has 1 radical (unpaired) electrons. The number of benzene rings is 1. The fourth-order valence-electron chi connectivity index (χ4n) is 5.38. The minimum absolute atomic E-state index is 1.06. The van der Waals surface area contributed by atoms with Crippen molar-refractivity contribution in [2.24, 2.45) is 0 Å². The predicted octanol–water partition coefficient (Wildman–Crippen LogP) is 11.8. The van der Waals surface area contributed by atoms with Crippen molar-refractivity contribution >= 4 is 0 Å². The first kappa shape index (κ1) is 31.3. The van der Waals surface area contributed by atoms with Crippen LogP contribution in [0.15, 0.2) is 18.2 Å². The first-order valence-electron chi connectivity index (χ1n) is 15.7. The molecule has 0 saturated carbocycles. The summed E-state index contributed by atoms with van der Waals surface area (Å²) in [6.45, 7) is 8.72. The minimum atomic E-state index is 1.06. The van der Waals surface area contributed by atoms with Gasteiger partial charge in [-0.25, -0.2) is 0 Å². The van der Waals surface area contributed by atoms with Crippen LogP contribution < -0.4 is 0 Å². The lowest BCUT2D eigenvalue weighted by atomic mass is 9.90. The SMILES string of the molecule is [CH2]CCCc1c(CCCCCCCCCCCC)cccc1CCCCCCCCCCCC. The summed E-state index contributed by atoms with van der Waals surface area (Å²) in [5, 5.41) is 0. The molecular weight excluding hydrogens is 408 g/mol. The summed E-state index contributed by atoms with van der Waals surface area (Å²) in [5.74, 6) is 0. The maximum Gasteiger partial charge on any atom is -0.0273 e. The predicted molar refractivity (Wildman–Crippen MR) is 156 cm³/mol. The van der Waals surface area contributed by atoms with Gasteiger partial charge in [-0.15, -0.1) is 0 Å². The zero-order chi connectivity index (χ0) is 24.5. The molecule has 0 saturated heterocycles. The van der Waals surface area contributed by atoms with E-state index < -0.39 is 0 Å². The molecule has 0 aliphatic heterocycles. The molecule has 0 spiro atoms. The molecular formula is C34H61. The van der Waals surface area contributed by atoms with E-state index in [1.807, 2.05) is 0 Å². The molecule has 1 rings (SSSR count). The van der Waals surface area contributed by atoms with Crippen molar-refractivity contribution in [2.45, 2.75) is 174 Å². The Morgan fingerprint density at radius 1 is 0.441 bits per heavy atom. The fourth-order valence-corrected chi connectivity index (χ4v) is 5.38. The van der Waals surface area contributed by atoms with E-state index in [1.165, 1.54) is 154 Å². The van der Waals surface area contributed by atoms with Gasteiger partial charge in [0.15, 0.2) is 0 Å². The third-order valence-electron chi connectivity index (χ3n) is 7.65.